The van der Waals surface area contributed by atoms with Crippen molar-refractivity contribution < 1.29 is 4.42 Å². The Morgan fingerprint density at radius 3 is 2.00 bits per heavy atom. The van der Waals surface area contributed by atoms with Crippen LogP contribution in [0.15, 0.2) is 59.1 Å². The van der Waals surface area contributed by atoms with E-state index in [-0.39, 0.29) is 6.17 Å². The van der Waals surface area contributed by atoms with E-state index in [0.29, 0.717) is 17.8 Å². The fraction of sp³-hybridized carbons (Fsp3) is 0.429. The van der Waals surface area contributed by atoms with Crippen LogP contribution in [0.25, 0.3) is 27.6 Å². The van der Waals surface area contributed by atoms with Crippen molar-refractivity contribution in [2.45, 2.75) is 67.5 Å². The van der Waals surface area contributed by atoms with Crippen molar-refractivity contribution in [2.24, 2.45) is 23.7 Å². The molecule has 1 aliphatic heterocycles. The second kappa shape index (κ2) is 8.93. The maximum Gasteiger partial charge on any atom is 0.159 e. The Morgan fingerprint density at radius 1 is 0.711 bits per heavy atom. The molecule has 3 nitrogen and oxygen atoms in total. The third-order valence-corrected chi connectivity index (χ3v) is 10.4. The summed E-state index contributed by atoms with van der Waals surface area (Å²) in [5.74, 6) is 3.57. The normalized spacial score (nSPS) is 27.7. The van der Waals surface area contributed by atoms with Crippen LogP contribution in [-0.2, 0) is 0 Å². The summed E-state index contributed by atoms with van der Waals surface area (Å²) >= 11 is 0. The minimum atomic E-state index is 0.178. The fourth-order valence-corrected chi connectivity index (χ4v) is 7.70. The van der Waals surface area contributed by atoms with E-state index in [4.69, 9.17) is 4.42 Å². The van der Waals surface area contributed by atoms with Crippen LogP contribution >= 0.6 is 0 Å². The molecule has 1 fully saturated rings. The zero-order valence-electron chi connectivity index (χ0n) is 24.5. The highest BCUT2D eigenvalue weighted by atomic mass is 16.3. The molecule has 4 unspecified atom stereocenters. The van der Waals surface area contributed by atoms with Crippen molar-refractivity contribution in [3.63, 3.8) is 0 Å². The second-order valence-electron chi connectivity index (χ2n) is 12.4. The molecule has 1 aliphatic carbocycles. The Balaban J connectivity index is 1.45. The summed E-state index contributed by atoms with van der Waals surface area (Å²) in [4.78, 5) is 4.83. The van der Waals surface area contributed by atoms with Gasteiger partial charge in [-0.25, -0.2) is 0 Å². The topological polar surface area (TPSA) is 19.6 Å². The lowest BCUT2D eigenvalue weighted by atomic mass is 9.81. The van der Waals surface area contributed by atoms with Crippen LogP contribution in [0, 0.1) is 44.4 Å². The van der Waals surface area contributed by atoms with Crippen molar-refractivity contribution in [1.82, 2.24) is 4.90 Å². The van der Waals surface area contributed by atoms with Crippen LogP contribution in [0.4, 0.5) is 5.69 Å². The third-order valence-electron chi connectivity index (χ3n) is 10.4. The van der Waals surface area contributed by atoms with Gasteiger partial charge < -0.3 is 14.2 Å². The number of aryl methyl sites for hydroxylation is 3. The Morgan fingerprint density at radius 2 is 1.34 bits per heavy atom. The minimum Gasteiger partial charge on any atom is -0.454 e. The maximum absolute atomic E-state index is 6.47. The highest BCUT2D eigenvalue weighted by molar-refractivity contribution is 6.10. The van der Waals surface area contributed by atoms with E-state index < -0.39 is 0 Å². The molecule has 0 spiro atoms. The van der Waals surface area contributed by atoms with Gasteiger partial charge in [-0.3, -0.25) is 0 Å². The molecule has 4 aromatic rings. The van der Waals surface area contributed by atoms with Crippen LogP contribution in [0.3, 0.4) is 0 Å². The molecule has 198 valence electrons. The molecule has 1 saturated carbocycles. The molecule has 38 heavy (non-hydrogen) atoms. The number of fused-ring (bicyclic) bond motifs is 3. The highest BCUT2D eigenvalue weighted by Crippen LogP contribution is 2.51. The zero-order chi connectivity index (χ0) is 27.0. The molecular weight excluding hydrogens is 464 g/mol. The molecule has 0 bridgehead atoms. The van der Waals surface area contributed by atoms with Gasteiger partial charge in [-0.1, -0.05) is 70.2 Å². The molecule has 2 heterocycles. The number of hydrogen-bond acceptors (Lipinski definition) is 3. The number of anilines is 1. The summed E-state index contributed by atoms with van der Waals surface area (Å²) in [6.07, 6.45) is 2.53. The van der Waals surface area contributed by atoms with Gasteiger partial charge in [0, 0.05) is 29.6 Å². The summed E-state index contributed by atoms with van der Waals surface area (Å²) in [5.41, 5.74) is 11.2. The first-order valence-electron chi connectivity index (χ1n) is 14.4. The Hall–Kier alpha value is -3.20. The molecule has 3 heteroatoms. The molecule has 3 aromatic carbocycles. The van der Waals surface area contributed by atoms with E-state index in [2.05, 4.69) is 121 Å². The number of hydrogen-bond donors (Lipinski definition) is 0. The van der Waals surface area contributed by atoms with Gasteiger partial charge in [0.2, 0.25) is 0 Å². The number of rotatable bonds is 3. The lowest BCUT2D eigenvalue weighted by Crippen LogP contribution is -2.35. The SMILES string of the molecule is Cc1cc(C2C(C)C(C)C(C)C2C)cc(C)c1C1=CN(c2c(C)ccc3c2oc2ccccc23)[C@H](C)N1C. The third kappa shape index (κ3) is 3.54. The standard InChI is InChI=1S/C35H42N2O/c1-19-14-15-29-28-12-10-11-13-31(28)38-35(29)34(19)37-18-30(36(9)26(37)8)32-20(2)16-27(17-21(32)3)33-24(6)22(4)23(5)25(33)7/h10-18,22-26,33H,1-9H3/t22?,23?,24?,25?,26-,33?/m1/s1. The van der Waals surface area contributed by atoms with E-state index in [1.807, 2.05) is 6.07 Å². The van der Waals surface area contributed by atoms with Gasteiger partial charge in [-0.15, -0.1) is 0 Å². The lowest BCUT2D eigenvalue weighted by molar-refractivity contribution is 0.352. The van der Waals surface area contributed by atoms with Gasteiger partial charge in [0.05, 0.1) is 11.4 Å². The van der Waals surface area contributed by atoms with Gasteiger partial charge in [-0.2, -0.15) is 0 Å². The first kappa shape index (κ1) is 25.1. The van der Waals surface area contributed by atoms with Gasteiger partial charge in [0.15, 0.2) is 5.58 Å². The van der Waals surface area contributed by atoms with Crippen molar-refractivity contribution in [1.29, 1.82) is 0 Å². The van der Waals surface area contributed by atoms with Crippen LogP contribution in [0.5, 0.6) is 0 Å². The molecule has 0 radical (unpaired) electrons. The Bertz CT molecular complexity index is 1540. The molecule has 5 atom stereocenters. The quantitative estimate of drug-likeness (QED) is 0.276. The van der Waals surface area contributed by atoms with Crippen molar-refractivity contribution in [2.75, 3.05) is 11.9 Å². The van der Waals surface area contributed by atoms with Gasteiger partial charge in [0.1, 0.15) is 11.7 Å². The summed E-state index contributed by atoms with van der Waals surface area (Å²) in [7, 11) is 2.22. The Labute approximate surface area is 228 Å². The summed E-state index contributed by atoms with van der Waals surface area (Å²) in [6, 6.07) is 17.8. The molecular formula is C35H42N2O. The van der Waals surface area contributed by atoms with Gasteiger partial charge >= 0.3 is 0 Å². The first-order chi connectivity index (χ1) is 18.1. The van der Waals surface area contributed by atoms with Gasteiger partial charge in [0.25, 0.3) is 0 Å². The van der Waals surface area contributed by atoms with E-state index in [0.717, 1.165) is 28.7 Å². The molecule has 0 amide bonds. The summed E-state index contributed by atoms with van der Waals surface area (Å²) in [5, 5.41) is 2.35. The molecule has 0 N–H and O–H groups in total. The average molecular weight is 507 g/mol. The predicted octanol–water partition coefficient (Wildman–Crippen LogP) is 9.25. The van der Waals surface area contributed by atoms with Crippen molar-refractivity contribution >= 4 is 33.3 Å². The van der Waals surface area contributed by atoms with E-state index in [9.17, 15) is 0 Å². The zero-order valence-corrected chi connectivity index (χ0v) is 24.5. The highest BCUT2D eigenvalue weighted by Gasteiger charge is 2.42. The molecule has 2 aliphatic rings. The van der Waals surface area contributed by atoms with Crippen molar-refractivity contribution in [3.8, 4) is 0 Å². The lowest BCUT2D eigenvalue weighted by Gasteiger charge is -2.30. The van der Waals surface area contributed by atoms with Crippen molar-refractivity contribution in [3.05, 3.63) is 82.5 Å². The summed E-state index contributed by atoms with van der Waals surface area (Å²) in [6.45, 7) is 18.9. The number of para-hydroxylation sites is 1. The smallest absolute Gasteiger partial charge is 0.159 e. The maximum atomic E-state index is 6.47. The van der Waals surface area contributed by atoms with Crippen LogP contribution in [0.2, 0.25) is 0 Å². The van der Waals surface area contributed by atoms with Gasteiger partial charge in [-0.05, 0) is 85.6 Å². The largest absolute Gasteiger partial charge is 0.454 e. The molecule has 0 saturated heterocycles. The predicted molar refractivity (Wildman–Crippen MR) is 161 cm³/mol. The second-order valence-corrected chi connectivity index (χ2v) is 12.4. The van der Waals surface area contributed by atoms with Crippen LogP contribution < -0.4 is 4.90 Å². The molecule has 6 rings (SSSR count). The molecule has 1 aromatic heterocycles. The first-order valence-corrected chi connectivity index (χ1v) is 14.4. The van der Waals surface area contributed by atoms with E-state index in [1.165, 1.54) is 44.3 Å². The number of furan rings is 1. The van der Waals surface area contributed by atoms with E-state index >= 15 is 0 Å². The Kier molecular flexibility index (Phi) is 5.90. The van der Waals surface area contributed by atoms with Crippen LogP contribution in [0.1, 0.15) is 68.4 Å². The summed E-state index contributed by atoms with van der Waals surface area (Å²) < 4.78 is 6.47. The number of nitrogens with zero attached hydrogens (tertiary/aromatic N) is 2. The average Bonchev–Trinajstić information content (AvgIpc) is 3.46. The number of benzene rings is 3. The monoisotopic (exact) mass is 506 g/mol. The minimum absolute atomic E-state index is 0.178. The van der Waals surface area contributed by atoms with E-state index in [1.54, 1.807) is 0 Å². The fourth-order valence-electron chi connectivity index (χ4n) is 7.70. The van der Waals surface area contributed by atoms with Crippen LogP contribution in [-0.4, -0.2) is 18.1 Å².